The lowest BCUT2D eigenvalue weighted by atomic mass is 10.2. The molecule has 13 nitrogen and oxygen atoms in total. The topological polar surface area (TPSA) is 181 Å². The van der Waals surface area contributed by atoms with Gasteiger partial charge in [-0.05, 0) is 0 Å². The molecule has 0 aliphatic heterocycles. The highest BCUT2D eigenvalue weighted by atomic mass is 32.1. The maximum atomic E-state index is 11.9. The van der Waals surface area contributed by atoms with Crippen molar-refractivity contribution in [3.8, 4) is 0 Å². The Morgan fingerprint density at radius 1 is 1.36 bits per heavy atom. The summed E-state index contributed by atoms with van der Waals surface area (Å²) in [6.07, 6.45) is 2.37. The van der Waals surface area contributed by atoms with E-state index < -0.39 is 16.7 Å². The van der Waals surface area contributed by atoms with Gasteiger partial charge in [-0.15, -0.1) is 10.2 Å². The second kappa shape index (κ2) is 8.54. The second-order valence-electron chi connectivity index (χ2n) is 5.11. The van der Waals surface area contributed by atoms with Crippen molar-refractivity contribution < 1.29 is 14.5 Å². The second-order valence-corrected chi connectivity index (χ2v) is 6.17. The molecule has 2 heterocycles. The van der Waals surface area contributed by atoms with Gasteiger partial charge in [0.1, 0.15) is 11.3 Å². The molecule has 142 valence electrons. The minimum Gasteiger partial charge on any atom is -0.294 e. The summed E-state index contributed by atoms with van der Waals surface area (Å²) in [4.78, 5) is 37.6. The summed E-state index contributed by atoms with van der Waals surface area (Å²) in [7, 11) is 0. The normalized spacial score (nSPS) is 10.7. The van der Waals surface area contributed by atoms with Crippen molar-refractivity contribution in [1.29, 1.82) is 0 Å². The van der Waals surface area contributed by atoms with Crippen molar-refractivity contribution in [2.45, 2.75) is 6.42 Å². The Balaban J connectivity index is 1.51. The van der Waals surface area contributed by atoms with Crippen molar-refractivity contribution in [1.82, 2.24) is 30.8 Å². The third-order valence-electron chi connectivity index (χ3n) is 3.11. The summed E-state index contributed by atoms with van der Waals surface area (Å²) >= 11 is 1.02. The molecule has 28 heavy (non-hydrogen) atoms. The highest BCUT2D eigenvalue weighted by Crippen LogP contribution is 2.16. The predicted molar refractivity (Wildman–Crippen MR) is 96.8 cm³/mol. The summed E-state index contributed by atoms with van der Waals surface area (Å²) in [6, 6.07) is 5.79. The number of carbonyl (C=O) groups excluding carboxylic acids is 2. The van der Waals surface area contributed by atoms with Gasteiger partial charge in [-0.25, -0.2) is 10.4 Å². The van der Waals surface area contributed by atoms with Gasteiger partial charge in [-0.3, -0.25) is 30.1 Å². The number of aromatic nitrogens is 5. The lowest BCUT2D eigenvalue weighted by molar-refractivity contribution is -0.384. The highest BCUT2D eigenvalue weighted by molar-refractivity contribution is 7.15. The standard InChI is InChI=1S/C14H11N9O4S/c24-10(19-16-6-8-2-1-3-9(4-8)23(26)27)5-11-20-22-14(28-11)18-13(25)12-15-7-17-21-12/h1-4,6-7H,5H2,(H,19,24)(H,15,17,21)(H,18,22,25). The molecular weight excluding hydrogens is 390 g/mol. The Bertz CT molecular complexity index is 1030. The molecule has 0 saturated carbocycles. The van der Waals surface area contributed by atoms with Crippen molar-refractivity contribution in [2.24, 2.45) is 5.10 Å². The zero-order chi connectivity index (χ0) is 19.9. The van der Waals surface area contributed by atoms with Crippen molar-refractivity contribution in [3.63, 3.8) is 0 Å². The molecule has 0 fully saturated rings. The molecule has 3 N–H and O–H groups in total. The highest BCUT2D eigenvalue weighted by Gasteiger charge is 2.14. The SMILES string of the molecule is O=C(Cc1nnc(NC(=O)c2ncn[nH]2)s1)NN=Cc1cccc([N+](=O)[O-])c1. The zero-order valence-electron chi connectivity index (χ0n) is 13.9. The molecule has 0 saturated heterocycles. The maximum absolute atomic E-state index is 11.9. The average molecular weight is 401 g/mol. The van der Waals surface area contributed by atoms with Crippen LogP contribution in [0.15, 0.2) is 35.7 Å². The first-order valence-electron chi connectivity index (χ1n) is 7.57. The van der Waals surface area contributed by atoms with Gasteiger partial charge < -0.3 is 0 Å². The number of carbonyl (C=O) groups is 2. The largest absolute Gasteiger partial charge is 0.294 e. The van der Waals surface area contributed by atoms with Gasteiger partial charge >= 0.3 is 0 Å². The van der Waals surface area contributed by atoms with Crippen LogP contribution in [0.1, 0.15) is 21.2 Å². The Labute approximate surface area is 160 Å². The number of rotatable bonds is 7. The van der Waals surface area contributed by atoms with E-state index in [2.05, 4.69) is 41.2 Å². The average Bonchev–Trinajstić information content (AvgIpc) is 3.34. The lowest BCUT2D eigenvalue weighted by Gasteiger charge is -1.97. The fourth-order valence-electron chi connectivity index (χ4n) is 1.92. The molecular formula is C14H11N9O4S. The first-order valence-corrected chi connectivity index (χ1v) is 8.38. The minimum absolute atomic E-state index is 0.0185. The minimum atomic E-state index is -0.536. The van der Waals surface area contributed by atoms with Gasteiger partial charge in [0.25, 0.3) is 11.6 Å². The van der Waals surface area contributed by atoms with Crippen LogP contribution >= 0.6 is 11.3 Å². The molecule has 1 aromatic carbocycles. The molecule has 3 aromatic rings. The fraction of sp³-hybridized carbons (Fsp3) is 0.0714. The van der Waals surface area contributed by atoms with E-state index in [1.807, 2.05) is 0 Å². The summed E-state index contributed by atoms with van der Waals surface area (Å²) in [5.41, 5.74) is 2.67. The van der Waals surface area contributed by atoms with E-state index in [9.17, 15) is 19.7 Å². The van der Waals surface area contributed by atoms with Gasteiger partial charge in [-0.2, -0.15) is 10.2 Å². The molecule has 2 amide bonds. The molecule has 14 heteroatoms. The third kappa shape index (κ3) is 4.98. The lowest BCUT2D eigenvalue weighted by Crippen LogP contribution is -2.19. The van der Waals surface area contributed by atoms with Gasteiger partial charge in [-0.1, -0.05) is 23.5 Å². The summed E-state index contributed by atoms with van der Waals surface area (Å²) in [5.74, 6) is -0.984. The van der Waals surface area contributed by atoms with Gasteiger partial charge in [0.05, 0.1) is 17.6 Å². The number of nitro benzene ring substituents is 1. The smallest absolute Gasteiger partial charge is 0.294 e. The predicted octanol–water partition coefficient (Wildman–Crippen LogP) is 0.509. The molecule has 0 spiro atoms. The zero-order valence-corrected chi connectivity index (χ0v) is 14.7. The maximum Gasteiger partial charge on any atom is 0.294 e. The number of hydrazone groups is 1. The van der Waals surface area contributed by atoms with Crippen LogP contribution in [0.25, 0.3) is 0 Å². The van der Waals surface area contributed by atoms with Gasteiger partial charge in [0.15, 0.2) is 0 Å². The number of nitro groups is 1. The van der Waals surface area contributed by atoms with Crippen LogP contribution in [0.3, 0.4) is 0 Å². The number of non-ortho nitro benzene ring substituents is 1. The van der Waals surface area contributed by atoms with Gasteiger partial charge in [0.2, 0.25) is 16.9 Å². The number of benzene rings is 1. The van der Waals surface area contributed by atoms with Crippen LogP contribution < -0.4 is 10.7 Å². The van der Waals surface area contributed by atoms with E-state index in [1.54, 1.807) is 6.07 Å². The van der Waals surface area contributed by atoms with E-state index in [1.165, 1.54) is 30.7 Å². The number of hydrogen-bond acceptors (Lipinski definition) is 10. The molecule has 0 aliphatic carbocycles. The van der Waals surface area contributed by atoms with Crippen molar-refractivity contribution in [3.05, 3.63) is 57.1 Å². The van der Waals surface area contributed by atoms with Crippen LogP contribution in [0.4, 0.5) is 10.8 Å². The fourth-order valence-corrected chi connectivity index (χ4v) is 2.65. The van der Waals surface area contributed by atoms with E-state index in [-0.39, 0.29) is 23.1 Å². The summed E-state index contributed by atoms with van der Waals surface area (Å²) in [6.45, 7) is 0. The van der Waals surface area contributed by atoms with Crippen LogP contribution in [0, 0.1) is 10.1 Å². The summed E-state index contributed by atoms with van der Waals surface area (Å²) in [5, 5.41) is 31.0. The first kappa shape index (κ1) is 18.7. The molecule has 0 aliphatic rings. The van der Waals surface area contributed by atoms with Crippen LogP contribution in [-0.4, -0.2) is 48.3 Å². The van der Waals surface area contributed by atoms with Crippen molar-refractivity contribution >= 4 is 40.2 Å². The molecule has 0 unspecified atom stereocenters. The molecule has 0 radical (unpaired) electrons. The van der Waals surface area contributed by atoms with Crippen LogP contribution in [-0.2, 0) is 11.2 Å². The molecule has 3 rings (SSSR count). The molecule has 0 bridgehead atoms. The number of nitrogens with one attached hydrogen (secondary N) is 3. The van der Waals surface area contributed by atoms with E-state index in [0.717, 1.165) is 11.3 Å². The van der Waals surface area contributed by atoms with Gasteiger partial charge in [0, 0.05) is 17.7 Å². The van der Waals surface area contributed by atoms with E-state index in [0.29, 0.717) is 10.6 Å². The van der Waals surface area contributed by atoms with E-state index in [4.69, 9.17) is 0 Å². The van der Waals surface area contributed by atoms with Crippen LogP contribution in [0.5, 0.6) is 0 Å². The quantitative estimate of drug-likeness (QED) is 0.291. The summed E-state index contributed by atoms with van der Waals surface area (Å²) < 4.78 is 0. The number of H-pyrrole nitrogens is 1. The first-order chi connectivity index (χ1) is 13.5. The Kier molecular flexibility index (Phi) is 5.71. The molecule has 2 aromatic heterocycles. The Morgan fingerprint density at radius 2 is 2.21 bits per heavy atom. The third-order valence-corrected chi connectivity index (χ3v) is 3.95. The Hall–Kier alpha value is -4.07. The number of amides is 2. The number of anilines is 1. The van der Waals surface area contributed by atoms with Crippen LogP contribution in [0.2, 0.25) is 0 Å². The number of aromatic amines is 1. The van der Waals surface area contributed by atoms with E-state index >= 15 is 0 Å². The monoisotopic (exact) mass is 401 g/mol. The molecule has 0 atom stereocenters. The Morgan fingerprint density at radius 3 is 2.96 bits per heavy atom. The van der Waals surface area contributed by atoms with Crippen molar-refractivity contribution in [2.75, 3.05) is 5.32 Å². The number of nitrogens with zero attached hydrogens (tertiary/aromatic N) is 6. The number of hydrogen-bond donors (Lipinski definition) is 3.